The lowest BCUT2D eigenvalue weighted by Gasteiger charge is -2.17. The van der Waals surface area contributed by atoms with Crippen LogP contribution < -0.4 is 5.32 Å². The van der Waals surface area contributed by atoms with E-state index in [1.54, 1.807) is 6.07 Å². The Labute approximate surface area is 109 Å². The van der Waals surface area contributed by atoms with Gasteiger partial charge in [0.1, 0.15) is 5.88 Å². The average molecular weight is 279 g/mol. The Morgan fingerprint density at radius 1 is 1.25 bits per heavy atom. The lowest BCUT2D eigenvalue weighted by molar-refractivity contribution is -0.119. The van der Waals surface area contributed by atoms with Gasteiger partial charge in [0.05, 0.1) is 5.54 Å². The number of hydrogen-bond donors (Lipinski definition) is 1. The van der Waals surface area contributed by atoms with Crippen molar-refractivity contribution in [3.63, 3.8) is 0 Å². The molecule has 2 nitrogen and oxygen atoms in total. The van der Waals surface area contributed by atoms with Crippen LogP contribution >= 0.6 is 34.8 Å². The van der Waals surface area contributed by atoms with Gasteiger partial charge in [-0.05, 0) is 36.6 Å². The van der Waals surface area contributed by atoms with Crippen molar-refractivity contribution in [1.29, 1.82) is 0 Å². The molecular formula is C11H10Cl3NO. The van der Waals surface area contributed by atoms with Crippen molar-refractivity contribution < 1.29 is 4.79 Å². The minimum Gasteiger partial charge on any atom is -0.346 e. The minimum absolute atomic E-state index is 0.0317. The second kappa shape index (κ2) is 4.44. The third-order valence-electron chi connectivity index (χ3n) is 2.67. The van der Waals surface area contributed by atoms with Crippen molar-refractivity contribution in [1.82, 2.24) is 5.32 Å². The fourth-order valence-electron chi connectivity index (χ4n) is 1.74. The van der Waals surface area contributed by atoms with Crippen molar-refractivity contribution >= 4 is 40.7 Å². The number of amides is 1. The van der Waals surface area contributed by atoms with Gasteiger partial charge in [-0.15, -0.1) is 11.6 Å². The number of carbonyl (C=O) groups excluding carboxylic acids is 1. The highest BCUT2D eigenvalue weighted by Gasteiger charge is 2.45. The van der Waals surface area contributed by atoms with Gasteiger partial charge >= 0.3 is 0 Å². The van der Waals surface area contributed by atoms with E-state index in [9.17, 15) is 4.79 Å². The lowest BCUT2D eigenvalue weighted by atomic mass is 10.1. The van der Waals surface area contributed by atoms with Gasteiger partial charge in [-0.1, -0.05) is 23.2 Å². The summed E-state index contributed by atoms with van der Waals surface area (Å²) in [5.74, 6) is -0.203. The molecular weight excluding hydrogens is 268 g/mol. The molecule has 0 atom stereocenters. The lowest BCUT2D eigenvalue weighted by Crippen LogP contribution is -2.35. The average Bonchev–Trinajstić information content (AvgIpc) is 2.97. The maximum Gasteiger partial charge on any atom is 0.235 e. The molecule has 0 radical (unpaired) electrons. The Kier molecular flexibility index (Phi) is 3.34. The van der Waals surface area contributed by atoms with Crippen molar-refractivity contribution in [2.24, 2.45) is 0 Å². The van der Waals surface area contributed by atoms with Gasteiger partial charge in [-0.25, -0.2) is 0 Å². The fraction of sp³-hybridized carbons (Fsp3) is 0.364. The number of nitrogens with one attached hydrogen (secondary N) is 1. The summed E-state index contributed by atoms with van der Waals surface area (Å²) < 4.78 is 0. The van der Waals surface area contributed by atoms with E-state index in [1.165, 1.54) is 0 Å². The van der Waals surface area contributed by atoms with Crippen LogP contribution in [0.3, 0.4) is 0 Å². The zero-order chi connectivity index (χ0) is 11.8. The van der Waals surface area contributed by atoms with Crippen LogP contribution in [0.2, 0.25) is 10.0 Å². The maximum atomic E-state index is 11.3. The van der Waals surface area contributed by atoms with Crippen molar-refractivity contribution in [3.8, 4) is 0 Å². The summed E-state index contributed by atoms with van der Waals surface area (Å²) in [6.07, 6.45) is 1.79. The molecule has 2 rings (SSSR count). The molecule has 1 amide bonds. The van der Waals surface area contributed by atoms with E-state index in [4.69, 9.17) is 34.8 Å². The van der Waals surface area contributed by atoms with Gasteiger partial charge in [0.15, 0.2) is 0 Å². The van der Waals surface area contributed by atoms with E-state index in [0.717, 1.165) is 18.4 Å². The van der Waals surface area contributed by atoms with Crippen LogP contribution in [0.1, 0.15) is 18.4 Å². The van der Waals surface area contributed by atoms with E-state index < -0.39 is 0 Å². The molecule has 0 unspecified atom stereocenters. The molecule has 0 heterocycles. The van der Waals surface area contributed by atoms with Crippen LogP contribution in [0, 0.1) is 0 Å². The largest absolute Gasteiger partial charge is 0.346 e. The highest BCUT2D eigenvalue weighted by atomic mass is 35.5. The molecule has 1 N–H and O–H groups in total. The molecule has 5 heteroatoms. The summed E-state index contributed by atoms with van der Waals surface area (Å²) in [6.45, 7) is 0. The Morgan fingerprint density at radius 3 is 2.25 bits per heavy atom. The van der Waals surface area contributed by atoms with Gasteiger partial charge in [0, 0.05) is 10.0 Å². The highest BCUT2D eigenvalue weighted by molar-refractivity contribution is 6.34. The van der Waals surface area contributed by atoms with Crippen molar-refractivity contribution in [3.05, 3.63) is 33.8 Å². The summed E-state index contributed by atoms with van der Waals surface area (Å²) in [6, 6.07) is 5.33. The van der Waals surface area contributed by atoms with Crippen LogP contribution in [0.25, 0.3) is 0 Å². The number of hydrogen-bond acceptors (Lipinski definition) is 1. The topological polar surface area (TPSA) is 29.1 Å². The molecule has 0 aliphatic heterocycles. The summed E-state index contributed by atoms with van der Waals surface area (Å²) in [7, 11) is 0. The first kappa shape index (κ1) is 12.0. The zero-order valence-electron chi connectivity index (χ0n) is 8.40. The van der Waals surface area contributed by atoms with E-state index in [-0.39, 0.29) is 17.3 Å². The fourth-order valence-corrected chi connectivity index (χ4v) is 2.33. The predicted octanol–water partition coefficient (Wildman–Crippen LogP) is 3.34. The Hall–Kier alpha value is -0.440. The number of carbonyl (C=O) groups is 1. The van der Waals surface area contributed by atoms with Gasteiger partial charge in [0.25, 0.3) is 0 Å². The Balaban J connectivity index is 2.26. The third kappa shape index (κ3) is 2.45. The van der Waals surface area contributed by atoms with E-state index in [1.807, 2.05) is 12.1 Å². The van der Waals surface area contributed by atoms with E-state index in [0.29, 0.717) is 10.0 Å². The quantitative estimate of drug-likeness (QED) is 0.844. The van der Waals surface area contributed by atoms with Crippen molar-refractivity contribution in [2.75, 3.05) is 5.88 Å². The monoisotopic (exact) mass is 277 g/mol. The summed E-state index contributed by atoms with van der Waals surface area (Å²) in [5.41, 5.74) is 0.643. The molecule has 1 saturated carbocycles. The second-order valence-corrected chi connectivity index (χ2v) is 5.06. The van der Waals surface area contributed by atoms with Crippen LogP contribution in [-0.4, -0.2) is 11.8 Å². The molecule has 86 valence electrons. The molecule has 1 aromatic rings. The van der Waals surface area contributed by atoms with Crippen molar-refractivity contribution in [2.45, 2.75) is 18.4 Å². The Morgan fingerprint density at radius 2 is 1.81 bits per heavy atom. The molecule has 0 saturated heterocycles. The first-order chi connectivity index (χ1) is 7.55. The van der Waals surface area contributed by atoms with Gasteiger partial charge in [0.2, 0.25) is 5.91 Å². The molecule has 0 bridgehead atoms. The number of alkyl halides is 1. The first-order valence-electron chi connectivity index (χ1n) is 4.89. The van der Waals surface area contributed by atoms with Crippen LogP contribution in [0.4, 0.5) is 0 Å². The smallest absolute Gasteiger partial charge is 0.235 e. The van der Waals surface area contributed by atoms with Crippen LogP contribution in [0.15, 0.2) is 18.2 Å². The van der Waals surface area contributed by atoms with Gasteiger partial charge in [-0.2, -0.15) is 0 Å². The van der Waals surface area contributed by atoms with Crippen LogP contribution in [0.5, 0.6) is 0 Å². The van der Waals surface area contributed by atoms with Gasteiger partial charge < -0.3 is 5.32 Å². The molecule has 0 aromatic heterocycles. The summed E-state index contributed by atoms with van der Waals surface area (Å²) in [5, 5.41) is 4.05. The maximum absolute atomic E-state index is 11.3. The number of benzene rings is 1. The zero-order valence-corrected chi connectivity index (χ0v) is 10.7. The Bertz CT molecular complexity index is 409. The van der Waals surface area contributed by atoms with E-state index in [2.05, 4.69) is 5.32 Å². The normalized spacial score (nSPS) is 16.9. The summed E-state index contributed by atoms with van der Waals surface area (Å²) >= 11 is 17.3. The highest BCUT2D eigenvalue weighted by Crippen LogP contribution is 2.46. The SMILES string of the molecule is O=C(CCl)NC1(c2cc(Cl)cc(Cl)c2)CC1. The molecule has 0 spiro atoms. The number of halogens is 3. The molecule has 1 aromatic carbocycles. The predicted molar refractivity (Wildman–Crippen MR) is 66.2 cm³/mol. The number of rotatable bonds is 3. The molecule has 1 aliphatic rings. The first-order valence-corrected chi connectivity index (χ1v) is 6.18. The molecule has 16 heavy (non-hydrogen) atoms. The summed E-state index contributed by atoms with van der Waals surface area (Å²) in [4.78, 5) is 11.3. The third-order valence-corrected chi connectivity index (χ3v) is 3.34. The second-order valence-electron chi connectivity index (χ2n) is 3.92. The van der Waals surface area contributed by atoms with E-state index >= 15 is 0 Å². The van der Waals surface area contributed by atoms with Crippen LogP contribution in [-0.2, 0) is 10.3 Å². The minimum atomic E-state index is -0.305. The standard InChI is InChI=1S/C11H10Cl3NO/c12-6-10(16)15-11(1-2-11)7-3-8(13)5-9(14)4-7/h3-5H,1-2,6H2,(H,15,16). The van der Waals surface area contributed by atoms with Gasteiger partial charge in [-0.3, -0.25) is 4.79 Å². The molecule has 1 aliphatic carbocycles. The molecule has 1 fully saturated rings.